The van der Waals surface area contributed by atoms with Crippen LogP contribution >= 0.6 is 0 Å². The molecule has 2 aliphatic heterocycles. The molecule has 12 atom stereocenters. The average Bonchev–Trinajstić information content (AvgIpc) is 3.27. The Kier molecular flexibility index (Phi) is 32.9. The van der Waals surface area contributed by atoms with E-state index < -0.39 is 86.8 Å². The molecule has 2 aliphatic rings. The number of nitrogens with one attached hydrogen (secondary N) is 1. The van der Waals surface area contributed by atoms with Gasteiger partial charge in [-0.15, -0.1) is 0 Å². The maximum absolute atomic E-state index is 13.1. The number of unbranched alkanes of at least 4 members (excludes halogenated alkanes) is 23. The monoisotopic (exact) mass is 890 g/mol. The second-order valence-electron chi connectivity index (χ2n) is 17.9. The van der Waals surface area contributed by atoms with Crippen molar-refractivity contribution in [3.05, 3.63) is 12.2 Å². The highest BCUT2D eigenvalue weighted by molar-refractivity contribution is 5.76. The largest absolute Gasteiger partial charge is 0.394 e. The quantitative estimate of drug-likeness (QED) is 0.0257. The van der Waals surface area contributed by atoms with Crippen LogP contribution in [-0.4, -0.2) is 140 Å². The van der Waals surface area contributed by atoms with Crippen molar-refractivity contribution in [1.82, 2.24) is 5.32 Å². The van der Waals surface area contributed by atoms with E-state index in [0.29, 0.717) is 12.8 Å². The highest BCUT2D eigenvalue weighted by Gasteiger charge is 2.51. The first-order valence-corrected chi connectivity index (χ1v) is 24.9. The van der Waals surface area contributed by atoms with Crippen molar-refractivity contribution in [3.8, 4) is 0 Å². The van der Waals surface area contributed by atoms with Crippen molar-refractivity contribution < 1.29 is 64.6 Å². The van der Waals surface area contributed by atoms with Crippen molar-refractivity contribution >= 4 is 5.91 Å². The van der Waals surface area contributed by atoms with Crippen molar-refractivity contribution in [1.29, 1.82) is 0 Å². The van der Waals surface area contributed by atoms with Crippen molar-refractivity contribution in [3.63, 3.8) is 0 Å². The first kappa shape index (κ1) is 56.9. The van der Waals surface area contributed by atoms with Gasteiger partial charge in [-0.25, -0.2) is 0 Å². The first-order valence-electron chi connectivity index (χ1n) is 24.9. The molecule has 0 saturated carbocycles. The van der Waals surface area contributed by atoms with E-state index in [-0.39, 0.29) is 12.5 Å². The number of carbonyl (C=O) groups is 1. The third kappa shape index (κ3) is 23.3. The summed E-state index contributed by atoms with van der Waals surface area (Å²) in [5.74, 6) is -0.213. The summed E-state index contributed by atoms with van der Waals surface area (Å²) in [7, 11) is 0. The number of hydrogen-bond donors (Lipinski definition) is 9. The van der Waals surface area contributed by atoms with Gasteiger partial charge in [0.25, 0.3) is 0 Å². The summed E-state index contributed by atoms with van der Waals surface area (Å²) in [6.07, 6.45) is 19.4. The molecule has 1 amide bonds. The van der Waals surface area contributed by atoms with Gasteiger partial charge >= 0.3 is 0 Å². The van der Waals surface area contributed by atoms with E-state index in [9.17, 15) is 45.6 Å². The lowest BCUT2D eigenvalue weighted by Gasteiger charge is -2.46. The maximum atomic E-state index is 13.1. The minimum absolute atomic E-state index is 0.213. The fourth-order valence-electron chi connectivity index (χ4n) is 8.35. The van der Waals surface area contributed by atoms with E-state index in [1.807, 2.05) is 0 Å². The summed E-state index contributed by atoms with van der Waals surface area (Å²) in [5, 5.41) is 86.7. The lowest BCUT2D eigenvalue weighted by molar-refractivity contribution is -0.359. The van der Waals surface area contributed by atoms with Crippen LogP contribution in [0.25, 0.3) is 0 Å². The van der Waals surface area contributed by atoms with Crippen LogP contribution in [0.4, 0.5) is 0 Å². The molecule has 0 bridgehead atoms. The van der Waals surface area contributed by atoms with Gasteiger partial charge in [0.2, 0.25) is 5.91 Å². The van der Waals surface area contributed by atoms with Gasteiger partial charge in [-0.1, -0.05) is 161 Å². The van der Waals surface area contributed by atoms with Crippen molar-refractivity contribution in [2.75, 3.05) is 19.8 Å². The van der Waals surface area contributed by atoms with Crippen LogP contribution < -0.4 is 5.32 Å². The predicted octanol–water partition coefficient (Wildman–Crippen LogP) is 5.99. The molecule has 366 valence electrons. The Labute approximate surface area is 374 Å². The fraction of sp³-hybridized carbons (Fsp3) is 0.938. The number of hydrogen-bond acceptors (Lipinski definition) is 13. The molecule has 0 aromatic carbocycles. The molecule has 9 N–H and O–H groups in total. The van der Waals surface area contributed by atoms with Crippen LogP contribution in [0.15, 0.2) is 12.2 Å². The normalized spacial score (nSPS) is 27.8. The van der Waals surface area contributed by atoms with Crippen LogP contribution in [0.5, 0.6) is 0 Å². The van der Waals surface area contributed by atoms with E-state index in [0.717, 1.165) is 57.8 Å². The predicted molar refractivity (Wildman–Crippen MR) is 240 cm³/mol. The third-order valence-corrected chi connectivity index (χ3v) is 12.5. The summed E-state index contributed by atoms with van der Waals surface area (Å²) in [6.45, 7) is 2.82. The minimum Gasteiger partial charge on any atom is -0.394 e. The Morgan fingerprint density at radius 3 is 1.53 bits per heavy atom. The smallest absolute Gasteiger partial charge is 0.220 e. The van der Waals surface area contributed by atoms with E-state index in [4.69, 9.17) is 18.9 Å². The van der Waals surface area contributed by atoms with Gasteiger partial charge < -0.3 is 65.1 Å². The number of ether oxygens (including phenoxy) is 4. The van der Waals surface area contributed by atoms with E-state index >= 15 is 0 Å². The van der Waals surface area contributed by atoms with E-state index in [1.54, 1.807) is 0 Å². The summed E-state index contributed by atoms with van der Waals surface area (Å²) in [6, 6.07) is -0.825. The molecular weight excluding hydrogens is 799 g/mol. The fourth-order valence-corrected chi connectivity index (χ4v) is 8.35. The molecule has 2 fully saturated rings. The number of carbonyl (C=O) groups excluding carboxylic acids is 1. The first-order chi connectivity index (χ1) is 30.1. The van der Waals surface area contributed by atoms with Crippen LogP contribution in [0.2, 0.25) is 0 Å². The van der Waals surface area contributed by atoms with Crippen LogP contribution in [-0.2, 0) is 23.7 Å². The Hall–Kier alpha value is -1.27. The third-order valence-electron chi connectivity index (χ3n) is 12.5. The minimum atomic E-state index is -1.78. The molecule has 0 radical (unpaired) electrons. The Morgan fingerprint density at radius 2 is 1.02 bits per heavy atom. The summed E-state index contributed by atoms with van der Waals surface area (Å²) < 4.78 is 22.7. The van der Waals surface area contributed by atoms with Gasteiger partial charge in [0.15, 0.2) is 12.6 Å². The number of rotatable bonds is 38. The lowest BCUT2D eigenvalue weighted by atomic mass is 9.97. The van der Waals surface area contributed by atoms with Crippen molar-refractivity contribution in [2.24, 2.45) is 0 Å². The molecular formula is C48H91NO13. The van der Waals surface area contributed by atoms with Crippen LogP contribution in [0, 0.1) is 0 Å². The lowest BCUT2D eigenvalue weighted by Crippen LogP contribution is -2.65. The van der Waals surface area contributed by atoms with E-state index in [1.165, 1.54) is 109 Å². The molecule has 2 rings (SSSR count). The molecule has 0 aromatic heterocycles. The second-order valence-corrected chi connectivity index (χ2v) is 17.9. The summed E-state index contributed by atoms with van der Waals surface area (Å²) >= 11 is 0. The molecule has 12 unspecified atom stereocenters. The molecule has 62 heavy (non-hydrogen) atoms. The van der Waals surface area contributed by atoms with Gasteiger partial charge in [0.05, 0.1) is 32.0 Å². The zero-order chi connectivity index (χ0) is 45.4. The molecule has 2 heterocycles. The van der Waals surface area contributed by atoms with Crippen LogP contribution in [0.1, 0.15) is 194 Å². The zero-order valence-corrected chi connectivity index (χ0v) is 38.6. The van der Waals surface area contributed by atoms with Crippen molar-refractivity contribution in [2.45, 2.75) is 267 Å². The Morgan fingerprint density at radius 1 is 0.565 bits per heavy atom. The standard InChI is InChI=1S/C48H91NO13/c1-3-5-7-9-11-13-15-16-17-18-19-20-21-22-24-26-28-30-32-40(53)49-36(37(52)31-29-27-25-23-14-12-10-8-6-4-2)35-59-47-45(58)43(56)46(39(34-51)61-47)62-48-44(57)42(55)41(54)38(33-50)60-48/h17-18,36-39,41-48,50-52,54-58H,3-16,19-35H2,1-2H3,(H,49,53)/b18-17-. The average molecular weight is 890 g/mol. The molecule has 0 aliphatic carbocycles. The number of aliphatic hydroxyl groups is 8. The molecule has 14 heteroatoms. The SMILES string of the molecule is CCCCCCCCC/C=C\CCCCCCCCCC(=O)NC(COC1OC(CO)C(OC2OC(CO)C(O)C(O)C2O)C(O)C1O)C(O)CCCCCCCCCCCC. The maximum Gasteiger partial charge on any atom is 0.220 e. The van der Waals surface area contributed by atoms with Gasteiger partial charge in [-0.3, -0.25) is 4.79 Å². The molecule has 14 nitrogen and oxygen atoms in total. The molecule has 0 aromatic rings. The number of allylic oxidation sites excluding steroid dienone is 2. The van der Waals surface area contributed by atoms with E-state index in [2.05, 4.69) is 31.3 Å². The van der Waals surface area contributed by atoms with Gasteiger partial charge in [-0.2, -0.15) is 0 Å². The second kappa shape index (κ2) is 35.9. The molecule has 0 spiro atoms. The highest BCUT2D eigenvalue weighted by atomic mass is 16.7. The van der Waals surface area contributed by atoms with Crippen LogP contribution in [0.3, 0.4) is 0 Å². The number of amides is 1. The zero-order valence-electron chi connectivity index (χ0n) is 38.6. The number of aliphatic hydroxyl groups excluding tert-OH is 8. The Bertz CT molecular complexity index is 1100. The summed E-state index contributed by atoms with van der Waals surface area (Å²) in [5.41, 5.74) is 0. The Balaban J connectivity index is 1.81. The van der Waals surface area contributed by atoms with Gasteiger partial charge in [-0.05, 0) is 38.5 Å². The van der Waals surface area contributed by atoms with Gasteiger partial charge in [0.1, 0.15) is 48.8 Å². The van der Waals surface area contributed by atoms with Gasteiger partial charge in [0, 0.05) is 6.42 Å². The summed E-state index contributed by atoms with van der Waals surface area (Å²) in [4.78, 5) is 13.1. The molecule has 2 saturated heterocycles. The topological polar surface area (TPSA) is 228 Å². The highest BCUT2D eigenvalue weighted by Crippen LogP contribution is 2.30.